The van der Waals surface area contributed by atoms with Gasteiger partial charge in [0.25, 0.3) is 5.91 Å². The summed E-state index contributed by atoms with van der Waals surface area (Å²) in [4.78, 5) is 30.5. The monoisotopic (exact) mass is 481 g/mol. The van der Waals surface area contributed by atoms with E-state index in [0.29, 0.717) is 10.4 Å². The van der Waals surface area contributed by atoms with E-state index in [1.807, 2.05) is 6.92 Å². The Morgan fingerprint density at radius 1 is 1.19 bits per heavy atom. The Bertz CT molecular complexity index is 1220. The summed E-state index contributed by atoms with van der Waals surface area (Å²) in [5.41, 5.74) is -0.210. The largest absolute Gasteiger partial charge is 0.416 e. The Morgan fingerprint density at radius 3 is 2.59 bits per heavy atom. The third kappa shape index (κ3) is 5.66. The van der Waals surface area contributed by atoms with Crippen molar-refractivity contribution >= 4 is 34.8 Å². The fourth-order valence-corrected chi connectivity index (χ4v) is 4.05. The molecule has 0 saturated heterocycles. The van der Waals surface area contributed by atoms with Gasteiger partial charge in [0.2, 0.25) is 5.91 Å². The lowest BCUT2D eigenvalue weighted by atomic mass is 10.1. The van der Waals surface area contributed by atoms with Crippen molar-refractivity contribution < 1.29 is 22.8 Å². The molecule has 1 atom stereocenters. The first-order valence-electron chi connectivity index (χ1n) is 9.52. The van der Waals surface area contributed by atoms with E-state index in [9.17, 15) is 22.8 Å². The fraction of sp³-hybridized carbons (Fsp3) is 0.227. The lowest BCUT2D eigenvalue weighted by Gasteiger charge is -2.14. The molecule has 168 valence electrons. The van der Waals surface area contributed by atoms with Crippen LogP contribution in [0.3, 0.4) is 0 Å². The SMILES string of the molecule is Cc1cn([C@@H](C)C(=O)NCc2cccc(C(F)(F)F)c2)c(=NC(=O)c2ccccc2Cl)s1. The van der Waals surface area contributed by atoms with Crippen LogP contribution in [0.25, 0.3) is 0 Å². The van der Waals surface area contributed by atoms with E-state index in [4.69, 9.17) is 11.6 Å². The van der Waals surface area contributed by atoms with Gasteiger partial charge < -0.3 is 9.88 Å². The summed E-state index contributed by atoms with van der Waals surface area (Å²) in [6, 6.07) is 10.5. The Morgan fingerprint density at radius 2 is 1.91 bits per heavy atom. The zero-order chi connectivity index (χ0) is 23.5. The molecule has 0 aliphatic rings. The van der Waals surface area contributed by atoms with E-state index >= 15 is 0 Å². The Kier molecular flexibility index (Phi) is 7.20. The smallest absolute Gasteiger partial charge is 0.350 e. The molecule has 0 radical (unpaired) electrons. The van der Waals surface area contributed by atoms with Gasteiger partial charge in [-0.3, -0.25) is 9.59 Å². The number of halogens is 4. The lowest BCUT2D eigenvalue weighted by Crippen LogP contribution is -2.34. The van der Waals surface area contributed by atoms with Gasteiger partial charge in [0.1, 0.15) is 6.04 Å². The van der Waals surface area contributed by atoms with Crippen LogP contribution in [0, 0.1) is 6.92 Å². The maximum absolute atomic E-state index is 12.9. The summed E-state index contributed by atoms with van der Waals surface area (Å²) < 4.78 is 40.2. The third-order valence-corrected chi connectivity index (χ3v) is 5.85. The summed E-state index contributed by atoms with van der Waals surface area (Å²) in [5.74, 6) is -0.963. The number of alkyl halides is 3. The first-order chi connectivity index (χ1) is 15.1. The van der Waals surface area contributed by atoms with Gasteiger partial charge >= 0.3 is 6.18 Å². The molecule has 0 aliphatic heterocycles. The molecule has 1 aromatic heterocycles. The van der Waals surface area contributed by atoms with E-state index < -0.39 is 29.6 Å². The minimum absolute atomic E-state index is 0.0677. The number of nitrogens with zero attached hydrogens (tertiary/aromatic N) is 2. The predicted molar refractivity (Wildman–Crippen MR) is 116 cm³/mol. The maximum Gasteiger partial charge on any atom is 0.416 e. The highest BCUT2D eigenvalue weighted by Crippen LogP contribution is 2.29. The van der Waals surface area contributed by atoms with E-state index in [1.165, 1.54) is 23.5 Å². The van der Waals surface area contributed by atoms with Crippen LogP contribution in [0.5, 0.6) is 0 Å². The molecule has 0 unspecified atom stereocenters. The molecule has 0 spiro atoms. The summed E-state index contributed by atoms with van der Waals surface area (Å²) in [6.45, 7) is 3.36. The number of carbonyl (C=O) groups is 2. The number of nitrogens with one attached hydrogen (secondary N) is 1. The average molecular weight is 482 g/mol. The second-order valence-electron chi connectivity index (χ2n) is 7.02. The van der Waals surface area contributed by atoms with Crippen molar-refractivity contribution in [3.8, 4) is 0 Å². The molecule has 10 heteroatoms. The van der Waals surface area contributed by atoms with Crippen molar-refractivity contribution in [1.82, 2.24) is 9.88 Å². The molecule has 0 aliphatic carbocycles. The number of aromatic nitrogens is 1. The van der Waals surface area contributed by atoms with E-state index in [2.05, 4.69) is 10.3 Å². The highest BCUT2D eigenvalue weighted by Gasteiger charge is 2.30. The highest BCUT2D eigenvalue weighted by atomic mass is 35.5. The number of thiazole rings is 1. The second kappa shape index (κ2) is 9.70. The molecule has 1 heterocycles. The maximum atomic E-state index is 12.9. The van der Waals surface area contributed by atoms with Crippen molar-refractivity contribution in [2.75, 3.05) is 0 Å². The van der Waals surface area contributed by atoms with Gasteiger partial charge in [0.15, 0.2) is 4.80 Å². The quantitative estimate of drug-likeness (QED) is 0.548. The molecule has 2 aromatic carbocycles. The number of hydrogen-bond acceptors (Lipinski definition) is 3. The molecule has 0 fully saturated rings. The molecule has 2 amide bonds. The summed E-state index contributed by atoms with van der Waals surface area (Å²) in [5, 5.41) is 2.91. The predicted octanol–water partition coefficient (Wildman–Crippen LogP) is 5.15. The van der Waals surface area contributed by atoms with Crippen molar-refractivity contribution in [2.45, 2.75) is 32.6 Å². The molecule has 5 nitrogen and oxygen atoms in total. The van der Waals surface area contributed by atoms with Gasteiger partial charge in [-0.05, 0) is 43.7 Å². The second-order valence-corrected chi connectivity index (χ2v) is 8.64. The Balaban J connectivity index is 1.78. The third-order valence-electron chi connectivity index (χ3n) is 4.61. The van der Waals surface area contributed by atoms with Crippen molar-refractivity contribution in [1.29, 1.82) is 0 Å². The van der Waals surface area contributed by atoms with Crippen LogP contribution in [-0.4, -0.2) is 16.4 Å². The van der Waals surface area contributed by atoms with Crippen LogP contribution in [0.15, 0.2) is 59.7 Å². The minimum atomic E-state index is -4.46. The van der Waals surface area contributed by atoms with Crippen LogP contribution in [-0.2, 0) is 17.5 Å². The normalized spacial score (nSPS) is 13.1. The zero-order valence-electron chi connectivity index (χ0n) is 17.1. The standard InChI is InChI=1S/C22H19ClF3N3O2S/c1-13-12-29(21(32-13)28-20(31)17-8-3-4-9-18(17)23)14(2)19(30)27-11-15-6-5-7-16(10-15)22(24,25)26/h3-10,12,14H,11H2,1-2H3,(H,27,30)/t14-/m0/s1. The highest BCUT2D eigenvalue weighted by molar-refractivity contribution is 7.09. The first-order valence-corrected chi connectivity index (χ1v) is 10.7. The van der Waals surface area contributed by atoms with Gasteiger partial charge in [-0.15, -0.1) is 11.3 Å². The number of amides is 2. The molecule has 32 heavy (non-hydrogen) atoms. The van der Waals surface area contributed by atoms with Crippen LogP contribution >= 0.6 is 22.9 Å². The van der Waals surface area contributed by atoms with Crippen LogP contribution in [0.2, 0.25) is 5.02 Å². The summed E-state index contributed by atoms with van der Waals surface area (Å²) >= 11 is 7.30. The molecule has 0 bridgehead atoms. The minimum Gasteiger partial charge on any atom is -0.350 e. The van der Waals surface area contributed by atoms with E-state index in [1.54, 1.807) is 42.0 Å². The summed E-state index contributed by atoms with van der Waals surface area (Å²) in [7, 11) is 0. The van der Waals surface area contributed by atoms with Gasteiger partial charge in [-0.25, -0.2) is 0 Å². The lowest BCUT2D eigenvalue weighted by molar-refractivity contribution is -0.137. The molecule has 1 N–H and O–H groups in total. The first kappa shape index (κ1) is 23.7. The topological polar surface area (TPSA) is 63.5 Å². The average Bonchev–Trinajstić information content (AvgIpc) is 3.11. The van der Waals surface area contributed by atoms with E-state index in [-0.39, 0.29) is 17.1 Å². The molecular weight excluding hydrogens is 463 g/mol. The number of hydrogen-bond donors (Lipinski definition) is 1. The molecule has 3 rings (SSSR count). The number of rotatable bonds is 5. The van der Waals surface area contributed by atoms with Gasteiger partial charge in [-0.2, -0.15) is 18.2 Å². The summed E-state index contributed by atoms with van der Waals surface area (Å²) in [6.07, 6.45) is -2.76. The number of aryl methyl sites for hydroxylation is 1. The van der Waals surface area contributed by atoms with E-state index in [0.717, 1.165) is 17.0 Å². The van der Waals surface area contributed by atoms with Crippen LogP contribution in [0.1, 0.15) is 39.3 Å². The van der Waals surface area contributed by atoms with Gasteiger partial charge in [0.05, 0.1) is 16.1 Å². The number of benzene rings is 2. The van der Waals surface area contributed by atoms with Gasteiger partial charge in [0, 0.05) is 17.6 Å². The van der Waals surface area contributed by atoms with Gasteiger partial charge in [-0.1, -0.05) is 35.9 Å². The van der Waals surface area contributed by atoms with Crippen LogP contribution < -0.4 is 10.1 Å². The Labute approximate surface area is 191 Å². The van der Waals surface area contributed by atoms with Crippen molar-refractivity contribution in [2.24, 2.45) is 4.99 Å². The molecular formula is C22H19ClF3N3O2S. The fourth-order valence-electron chi connectivity index (χ4n) is 2.93. The molecule has 3 aromatic rings. The van der Waals surface area contributed by atoms with Crippen LogP contribution in [0.4, 0.5) is 13.2 Å². The molecule has 0 saturated carbocycles. The Hall–Kier alpha value is -2.91. The van der Waals surface area contributed by atoms with Crippen molar-refractivity contribution in [3.05, 3.63) is 86.1 Å². The van der Waals surface area contributed by atoms with Crippen molar-refractivity contribution in [3.63, 3.8) is 0 Å². The zero-order valence-corrected chi connectivity index (χ0v) is 18.7. The number of carbonyl (C=O) groups excluding carboxylic acids is 2.